The average Bonchev–Trinajstić information content (AvgIpc) is 2.38. The lowest BCUT2D eigenvalue weighted by Gasteiger charge is -2.18. The van der Waals surface area contributed by atoms with Crippen molar-refractivity contribution in [1.82, 2.24) is 0 Å². The number of hydrogen-bond donors (Lipinski definition) is 1. The highest BCUT2D eigenvalue weighted by molar-refractivity contribution is 7.98. The maximum Gasteiger partial charge on any atom is 0.126 e. The molecule has 0 aliphatic heterocycles. The smallest absolute Gasteiger partial charge is 0.126 e. The zero-order valence-corrected chi connectivity index (χ0v) is 11.6. The van der Waals surface area contributed by atoms with Crippen molar-refractivity contribution >= 4 is 17.4 Å². The summed E-state index contributed by atoms with van der Waals surface area (Å²) in [4.78, 5) is 1.10. The number of para-hydroxylation sites is 1. The molecule has 1 unspecified atom stereocenters. The van der Waals surface area contributed by atoms with E-state index in [4.69, 9.17) is 0 Å². The quantitative estimate of drug-likeness (QED) is 0.802. The molecule has 2 aromatic rings. The fourth-order valence-corrected chi connectivity index (χ4v) is 2.47. The monoisotopic (exact) mass is 279 g/mol. The van der Waals surface area contributed by atoms with Crippen LogP contribution in [-0.4, -0.2) is 6.26 Å². The van der Waals surface area contributed by atoms with Crippen molar-refractivity contribution in [3.63, 3.8) is 0 Å². The third kappa shape index (κ3) is 3.47. The van der Waals surface area contributed by atoms with Gasteiger partial charge >= 0.3 is 0 Å². The van der Waals surface area contributed by atoms with E-state index in [9.17, 15) is 8.78 Å². The standard InChI is InChI=1S/C15H15F2NS/c1-10(11-7-12(16)9-13(17)8-11)18-14-5-3-4-6-15(14)19-2/h3-10,18H,1-2H3. The second-order valence-corrected chi connectivity index (χ2v) is 5.12. The maximum absolute atomic E-state index is 13.2. The third-order valence-corrected chi connectivity index (χ3v) is 3.66. The minimum atomic E-state index is -0.554. The maximum atomic E-state index is 13.2. The van der Waals surface area contributed by atoms with Crippen LogP contribution in [0.5, 0.6) is 0 Å². The fourth-order valence-electron chi connectivity index (χ4n) is 1.91. The molecule has 1 nitrogen and oxygen atoms in total. The highest BCUT2D eigenvalue weighted by Gasteiger charge is 2.10. The molecule has 2 aromatic carbocycles. The molecule has 0 spiro atoms. The summed E-state index contributed by atoms with van der Waals surface area (Å²) in [6.45, 7) is 1.88. The van der Waals surface area contributed by atoms with Crippen LogP contribution in [-0.2, 0) is 0 Å². The van der Waals surface area contributed by atoms with E-state index in [0.29, 0.717) is 5.56 Å². The number of halogens is 2. The van der Waals surface area contributed by atoms with Gasteiger partial charge in [0, 0.05) is 22.7 Å². The van der Waals surface area contributed by atoms with E-state index in [0.717, 1.165) is 16.6 Å². The Balaban J connectivity index is 2.22. The highest BCUT2D eigenvalue weighted by Crippen LogP contribution is 2.28. The van der Waals surface area contributed by atoms with Crippen LogP contribution in [0.25, 0.3) is 0 Å². The molecule has 0 saturated carbocycles. The molecule has 0 radical (unpaired) electrons. The predicted molar refractivity (Wildman–Crippen MR) is 76.6 cm³/mol. The van der Waals surface area contributed by atoms with Crippen LogP contribution in [0.4, 0.5) is 14.5 Å². The van der Waals surface area contributed by atoms with Gasteiger partial charge in [-0.05, 0) is 43.0 Å². The Morgan fingerprint density at radius 1 is 1.05 bits per heavy atom. The Hall–Kier alpha value is -1.55. The van der Waals surface area contributed by atoms with Crippen molar-refractivity contribution in [1.29, 1.82) is 0 Å². The van der Waals surface area contributed by atoms with Crippen LogP contribution in [0, 0.1) is 11.6 Å². The zero-order valence-electron chi connectivity index (χ0n) is 10.8. The van der Waals surface area contributed by atoms with E-state index < -0.39 is 11.6 Å². The lowest BCUT2D eigenvalue weighted by atomic mass is 10.1. The van der Waals surface area contributed by atoms with Crippen LogP contribution >= 0.6 is 11.8 Å². The first kappa shape index (κ1) is 13.9. The summed E-state index contributed by atoms with van der Waals surface area (Å²) in [5.41, 5.74) is 1.56. The van der Waals surface area contributed by atoms with Crippen LogP contribution in [0.1, 0.15) is 18.5 Å². The summed E-state index contributed by atoms with van der Waals surface area (Å²) in [7, 11) is 0. The minimum absolute atomic E-state index is 0.168. The largest absolute Gasteiger partial charge is 0.378 e. The molecule has 0 saturated heterocycles. The van der Waals surface area contributed by atoms with Crippen LogP contribution < -0.4 is 5.32 Å². The number of anilines is 1. The molecular weight excluding hydrogens is 264 g/mol. The minimum Gasteiger partial charge on any atom is -0.378 e. The topological polar surface area (TPSA) is 12.0 Å². The Kier molecular flexibility index (Phi) is 4.43. The summed E-state index contributed by atoms with van der Waals surface area (Å²) in [6, 6.07) is 11.3. The molecule has 4 heteroatoms. The van der Waals surface area contributed by atoms with Crippen molar-refractivity contribution in [3.05, 3.63) is 59.7 Å². The molecule has 19 heavy (non-hydrogen) atoms. The van der Waals surface area contributed by atoms with Crippen molar-refractivity contribution in [2.75, 3.05) is 11.6 Å². The van der Waals surface area contributed by atoms with Gasteiger partial charge in [-0.2, -0.15) is 0 Å². The molecule has 0 aliphatic carbocycles. The van der Waals surface area contributed by atoms with Crippen LogP contribution in [0.3, 0.4) is 0 Å². The van der Waals surface area contributed by atoms with Gasteiger partial charge in [0.05, 0.1) is 0 Å². The Morgan fingerprint density at radius 2 is 1.68 bits per heavy atom. The summed E-state index contributed by atoms with van der Waals surface area (Å²) in [5.74, 6) is -1.11. The number of thioether (sulfide) groups is 1. The molecule has 0 fully saturated rings. The molecule has 0 heterocycles. The van der Waals surface area contributed by atoms with Crippen molar-refractivity contribution in [3.8, 4) is 0 Å². The van der Waals surface area contributed by atoms with Gasteiger partial charge in [0.25, 0.3) is 0 Å². The Labute approximate surface area is 116 Å². The van der Waals surface area contributed by atoms with Gasteiger partial charge in [0.15, 0.2) is 0 Å². The molecule has 100 valence electrons. The SMILES string of the molecule is CSc1ccccc1NC(C)c1cc(F)cc(F)c1. The van der Waals surface area contributed by atoms with E-state index >= 15 is 0 Å². The summed E-state index contributed by atoms with van der Waals surface area (Å²) in [6.07, 6.45) is 1.99. The van der Waals surface area contributed by atoms with E-state index in [-0.39, 0.29) is 6.04 Å². The van der Waals surface area contributed by atoms with E-state index in [1.54, 1.807) is 11.8 Å². The molecular formula is C15H15F2NS. The van der Waals surface area contributed by atoms with Crippen molar-refractivity contribution in [2.45, 2.75) is 17.9 Å². The second-order valence-electron chi connectivity index (χ2n) is 4.27. The number of benzene rings is 2. The fraction of sp³-hybridized carbons (Fsp3) is 0.200. The van der Waals surface area contributed by atoms with Gasteiger partial charge < -0.3 is 5.32 Å². The second kappa shape index (κ2) is 6.06. The Morgan fingerprint density at radius 3 is 2.32 bits per heavy atom. The van der Waals surface area contributed by atoms with Crippen molar-refractivity contribution in [2.24, 2.45) is 0 Å². The van der Waals surface area contributed by atoms with E-state index in [2.05, 4.69) is 5.32 Å². The summed E-state index contributed by atoms with van der Waals surface area (Å²) >= 11 is 1.63. The molecule has 2 rings (SSSR count). The van der Waals surface area contributed by atoms with Crippen molar-refractivity contribution < 1.29 is 8.78 Å². The van der Waals surface area contributed by atoms with Crippen LogP contribution in [0.15, 0.2) is 47.4 Å². The predicted octanol–water partition coefficient (Wildman–Crippen LogP) is 4.86. The molecule has 0 aromatic heterocycles. The van der Waals surface area contributed by atoms with Gasteiger partial charge in [-0.25, -0.2) is 8.78 Å². The van der Waals surface area contributed by atoms with Gasteiger partial charge in [-0.1, -0.05) is 12.1 Å². The molecule has 0 amide bonds. The number of rotatable bonds is 4. The van der Waals surface area contributed by atoms with Gasteiger partial charge in [0.2, 0.25) is 0 Å². The first-order valence-corrected chi connectivity index (χ1v) is 7.18. The lowest BCUT2D eigenvalue weighted by Crippen LogP contribution is -2.08. The molecule has 0 aliphatic rings. The first-order chi connectivity index (χ1) is 9.10. The average molecular weight is 279 g/mol. The van der Waals surface area contributed by atoms with Gasteiger partial charge in [0.1, 0.15) is 11.6 Å². The van der Waals surface area contributed by atoms with E-state index in [1.165, 1.54) is 12.1 Å². The lowest BCUT2D eigenvalue weighted by molar-refractivity contribution is 0.577. The van der Waals surface area contributed by atoms with Crippen LogP contribution in [0.2, 0.25) is 0 Å². The summed E-state index contributed by atoms with van der Waals surface area (Å²) in [5, 5.41) is 3.28. The highest BCUT2D eigenvalue weighted by atomic mass is 32.2. The zero-order chi connectivity index (χ0) is 13.8. The normalized spacial score (nSPS) is 12.2. The van der Waals surface area contributed by atoms with E-state index in [1.807, 2.05) is 37.4 Å². The third-order valence-electron chi connectivity index (χ3n) is 2.86. The summed E-state index contributed by atoms with van der Waals surface area (Å²) < 4.78 is 26.4. The molecule has 0 bridgehead atoms. The molecule has 1 atom stereocenters. The molecule has 1 N–H and O–H groups in total. The number of nitrogens with one attached hydrogen (secondary N) is 1. The number of hydrogen-bond acceptors (Lipinski definition) is 2. The van der Waals surface area contributed by atoms with Gasteiger partial charge in [-0.15, -0.1) is 11.8 Å². The van der Waals surface area contributed by atoms with Gasteiger partial charge in [-0.3, -0.25) is 0 Å². The Bertz CT molecular complexity index is 552. The first-order valence-electron chi connectivity index (χ1n) is 5.95.